The van der Waals surface area contributed by atoms with Crippen LogP contribution in [-0.4, -0.2) is 46.6 Å². The molecule has 0 amide bonds. The standard InChI is InChI=1S/C60H72N4/c1-38-25-26-41-27-31-50-53(51(41)40(38)3)60(7,8)54-55(50)61-37-63-56-39(2)36-62(45-21-15-11-16-22-45)58(42-19-13-10-14-20-42)64(9,46-23-17-12-18-24-46)34-33-49(56)48-30-28-43-35-44(59(4,5)6)29-32-47(43)52(48)57(54)63/h10,13-14,19-20,25-32,35,37,45-46,49,56,58H,2,11-12,15-18,21-24,33-34,36H2,1,3-9H3/q+2. The maximum atomic E-state index is 5.65. The second-order valence-electron chi connectivity index (χ2n) is 22.8. The van der Waals surface area contributed by atoms with Crippen LogP contribution in [0.25, 0.3) is 44.1 Å². The van der Waals surface area contributed by atoms with E-state index in [9.17, 15) is 0 Å². The van der Waals surface area contributed by atoms with Crippen LogP contribution in [0.5, 0.6) is 0 Å². The van der Waals surface area contributed by atoms with Crippen molar-refractivity contribution in [2.75, 3.05) is 20.1 Å². The van der Waals surface area contributed by atoms with Gasteiger partial charge in [0.2, 0.25) is 0 Å². The van der Waals surface area contributed by atoms with E-state index in [1.807, 2.05) is 0 Å². The molecule has 4 atom stereocenters. The molecule has 5 aliphatic rings. The van der Waals surface area contributed by atoms with E-state index >= 15 is 0 Å². The zero-order valence-corrected chi connectivity index (χ0v) is 40.2. The summed E-state index contributed by atoms with van der Waals surface area (Å²) < 4.78 is 3.77. The fourth-order valence-corrected chi connectivity index (χ4v) is 14.2. The maximum Gasteiger partial charge on any atom is 0.287 e. The first-order valence-corrected chi connectivity index (χ1v) is 25.2. The summed E-state index contributed by atoms with van der Waals surface area (Å²) >= 11 is 0. The molecule has 4 unspecified atom stereocenters. The van der Waals surface area contributed by atoms with E-state index in [0.717, 1.165) is 29.7 Å². The Balaban J connectivity index is 1.18. The zero-order chi connectivity index (χ0) is 44.3. The molecule has 0 radical (unpaired) electrons. The highest BCUT2D eigenvalue weighted by atomic mass is 15.5. The smallest absolute Gasteiger partial charge is 0.287 e. The Morgan fingerprint density at radius 3 is 2.22 bits per heavy atom. The molecule has 64 heavy (non-hydrogen) atoms. The highest BCUT2D eigenvalue weighted by molar-refractivity contribution is 6.03. The lowest BCUT2D eigenvalue weighted by atomic mass is 9.72. The van der Waals surface area contributed by atoms with E-state index in [0.29, 0.717) is 12.1 Å². The molecule has 0 N–H and O–H groups in total. The molecule has 3 heterocycles. The van der Waals surface area contributed by atoms with E-state index in [1.54, 1.807) is 0 Å². The Morgan fingerprint density at radius 1 is 0.781 bits per heavy atom. The van der Waals surface area contributed by atoms with Crippen molar-refractivity contribution < 1.29 is 9.05 Å². The van der Waals surface area contributed by atoms with E-state index in [-0.39, 0.29) is 29.0 Å². The van der Waals surface area contributed by atoms with Crippen LogP contribution >= 0.6 is 0 Å². The first kappa shape index (κ1) is 42.0. The number of fused-ring (bicyclic) bond motifs is 14. The van der Waals surface area contributed by atoms with Gasteiger partial charge < -0.3 is 4.48 Å². The molecule has 330 valence electrons. The van der Waals surface area contributed by atoms with Crippen LogP contribution in [-0.2, 0) is 10.8 Å². The second-order valence-corrected chi connectivity index (χ2v) is 22.8. The molecule has 3 aliphatic carbocycles. The quantitative estimate of drug-likeness (QED) is 0.100. The molecule has 1 saturated heterocycles. The molecule has 3 fully saturated rings. The Bertz CT molecular complexity index is 2810. The summed E-state index contributed by atoms with van der Waals surface area (Å²) in [5.41, 5.74) is 16.3. The number of benzene rings is 5. The molecule has 1 aromatic heterocycles. The van der Waals surface area contributed by atoms with Gasteiger partial charge in [0.05, 0.1) is 25.2 Å². The van der Waals surface area contributed by atoms with Gasteiger partial charge in [0.15, 0.2) is 11.9 Å². The Hall–Kier alpha value is -4.64. The highest BCUT2D eigenvalue weighted by Gasteiger charge is 2.53. The SMILES string of the molecule is C=C1CN(C2CCCCC2)C(c2ccccc2)[N+](C)(C2CCCCC2)CCC2c3ccc4cc(C(C)(C)C)ccc4c3-c3c4c(nc[n+]3C12)-c1ccc2ccc(C)c(C)c2c1C4(C)C. The maximum absolute atomic E-state index is 5.65. The number of quaternary nitrogens is 1. The van der Waals surface area contributed by atoms with Crippen LogP contribution in [0.4, 0.5) is 0 Å². The lowest BCUT2D eigenvalue weighted by Crippen LogP contribution is -2.62. The molecule has 4 nitrogen and oxygen atoms in total. The first-order valence-electron chi connectivity index (χ1n) is 25.2. The van der Waals surface area contributed by atoms with Gasteiger partial charge in [-0.15, -0.1) is 0 Å². The fraction of sp³-hybridized carbons (Fsp3) is 0.467. The molecule has 5 aromatic carbocycles. The zero-order valence-electron chi connectivity index (χ0n) is 40.2. The summed E-state index contributed by atoms with van der Waals surface area (Å²) in [5, 5.41) is 5.44. The number of hydrogen-bond acceptors (Lipinski definition) is 2. The minimum absolute atomic E-state index is 0.0597. The van der Waals surface area contributed by atoms with E-state index in [2.05, 4.69) is 156 Å². The normalized spacial score (nSPS) is 25.2. The fourth-order valence-electron chi connectivity index (χ4n) is 14.2. The van der Waals surface area contributed by atoms with Crippen molar-refractivity contribution in [3.63, 3.8) is 0 Å². The Morgan fingerprint density at radius 2 is 1.48 bits per heavy atom. The van der Waals surface area contributed by atoms with Gasteiger partial charge in [0, 0.05) is 47.0 Å². The molecule has 6 aromatic rings. The minimum Gasteiger partial charge on any atom is -0.305 e. The molecule has 11 rings (SSSR count). The summed E-state index contributed by atoms with van der Waals surface area (Å²) in [4.78, 5) is 8.67. The third-order valence-electron chi connectivity index (χ3n) is 17.6. The molecule has 2 saturated carbocycles. The number of aromatic nitrogens is 2. The lowest BCUT2D eigenvalue weighted by Gasteiger charge is -2.53. The van der Waals surface area contributed by atoms with Gasteiger partial charge in [-0.1, -0.05) is 146 Å². The number of rotatable bonds is 3. The monoisotopic (exact) mass is 849 g/mol. The predicted molar refractivity (Wildman–Crippen MR) is 267 cm³/mol. The average molecular weight is 849 g/mol. The summed E-state index contributed by atoms with van der Waals surface area (Å²) in [5.74, 6) is 0.271. The second kappa shape index (κ2) is 15.5. The van der Waals surface area contributed by atoms with E-state index < -0.39 is 0 Å². The van der Waals surface area contributed by atoms with Gasteiger partial charge in [0.1, 0.15) is 11.7 Å². The lowest BCUT2D eigenvalue weighted by molar-refractivity contribution is -0.975. The van der Waals surface area contributed by atoms with Gasteiger partial charge in [-0.3, -0.25) is 0 Å². The molecular formula is C60H72N4+2. The number of nitrogens with zero attached hydrogens (tertiary/aromatic N) is 4. The third-order valence-corrected chi connectivity index (χ3v) is 17.6. The molecule has 2 aliphatic heterocycles. The minimum atomic E-state index is -0.283. The van der Waals surface area contributed by atoms with Crippen molar-refractivity contribution in [1.29, 1.82) is 0 Å². The largest absolute Gasteiger partial charge is 0.305 e. The van der Waals surface area contributed by atoms with Crippen molar-refractivity contribution in [3.05, 3.63) is 142 Å². The Labute approximate surface area is 384 Å². The summed E-state index contributed by atoms with van der Waals surface area (Å²) in [6.45, 7) is 24.0. The van der Waals surface area contributed by atoms with Gasteiger partial charge in [-0.25, -0.2) is 9.47 Å². The van der Waals surface area contributed by atoms with Crippen molar-refractivity contribution in [3.8, 4) is 22.5 Å². The molecular weight excluding hydrogens is 777 g/mol. The van der Waals surface area contributed by atoms with Gasteiger partial charge >= 0.3 is 0 Å². The van der Waals surface area contributed by atoms with Crippen LogP contribution in [0.1, 0.15) is 162 Å². The Kier molecular flexibility index (Phi) is 10.2. The van der Waals surface area contributed by atoms with Crippen molar-refractivity contribution >= 4 is 21.5 Å². The van der Waals surface area contributed by atoms with Crippen molar-refractivity contribution in [2.45, 2.75) is 160 Å². The van der Waals surface area contributed by atoms with Crippen LogP contribution in [0.3, 0.4) is 0 Å². The number of hydrogen-bond donors (Lipinski definition) is 0. The summed E-state index contributed by atoms with van der Waals surface area (Å²) in [7, 11) is 2.69. The topological polar surface area (TPSA) is 20.0 Å². The van der Waals surface area contributed by atoms with Gasteiger partial charge in [-0.2, -0.15) is 0 Å². The number of aryl methyl sites for hydroxylation is 2. The highest BCUT2D eigenvalue weighted by Crippen LogP contribution is 2.58. The average Bonchev–Trinajstić information content (AvgIpc) is 3.56. The van der Waals surface area contributed by atoms with Gasteiger partial charge in [0.25, 0.3) is 6.33 Å². The summed E-state index contributed by atoms with van der Waals surface area (Å²) in [6.07, 6.45) is 16.9. The van der Waals surface area contributed by atoms with E-state index in [4.69, 9.17) is 11.6 Å². The van der Waals surface area contributed by atoms with Crippen LogP contribution in [0.2, 0.25) is 0 Å². The van der Waals surface area contributed by atoms with Crippen LogP contribution < -0.4 is 4.57 Å². The first-order chi connectivity index (χ1) is 30.8. The van der Waals surface area contributed by atoms with Crippen molar-refractivity contribution in [2.24, 2.45) is 0 Å². The molecule has 4 heteroatoms. The summed E-state index contributed by atoms with van der Waals surface area (Å²) in [6, 6.07) is 34.8. The predicted octanol–water partition coefficient (Wildman–Crippen LogP) is 14.3. The van der Waals surface area contributed by atoms with Gasteiger partial charge in [-0.05, 0) is 124 Å². The third kappa shape index (κ3) is 6.43. The van der Waals surface area contributed by atoms with Crippen molar-refractivity contribution in [1.82, 2.24) is 9.88 Å². The molecule has 0 bridgehead atoms. The molecule has 0 spiro atoms. The van der Waals surface area contributed by atoms with Crippen LogP contribution in [0.15, 0.2) is 103 Å². The van der Waals surface area contributed by atoms with E-state index in [1.165, 1.54) is 147 Å². The van der Waals surface area contributed by atoms with Crippen LogP contribution in [0, 0.1) is 13.8 Å².